The van der Waals surface area contributed by atoms with Gasteiger partial charge in [-0.1, -0.05) is 53.8 Å². The Kier molecular flexibility index (Phi) is 8.16. The molecule has 1 heterocycles. The minimum atomic E-state index is -1.28. The van der Waals surface area contributed by atoms with Gasteiger partial charge in [0.1, 0.15) is 18.3 Å². The molecule has 0 aliphatic carbocycles. The Hall–Kier alpha value is -3.01. The minimum Gasteiger partial charge on any atom is -0.465 e. The second-order valence-electron chi connectivity index (χ2n) is 10.1. The number of methoxy groups -OCH3 is 1. The van der Waals surface area contributed by atoms with Crippen molar-refractivity contribution in [1.29, 1.82) is 0 Å². The van der Waals surface area contributed by atoms with Crippen LogP contribution in [0, 0.1) is 12.7 Å². The molecule has 9 heteroatoms. The summed E-state index contributed by atoms with van der Waals surface area (Å²) < 4.78 is 34.9. The van der Waals surface area contributed by atoms with Gasteiger partial charge in [0.15, 0.2) is 0 Å². The van der Waals surface area contributed by atoms with Crippen molar-refractivity contribution in [2.75, 3.05) is 13.7 Å². The van der Waals surface area contributed by atoms with Crippen LogP contribution < -0.4 is 4.74 Å². The van der Waals surface area contributed by atoms with Crippen LogP contribution in [0.1, 0.15) is 15.9 Å². The molecule has 0 aliphatic rings. The van der Waals surface area contributed by atoms with Gasteiger partial charge >= 0.3 is 12.0 Å². The number of hydrogen-bond acceptors (Lipinski definition) is 5. The van der Waals surface area contributed by atoms with Crippen molar-refractivity contribution in [2.24, 2.45) is 0 Å². The van der Waals surface area contributed by atoms with Crippen molar-refractivity contribution in [3.63, 3.8) is 0 Å². The van der Waals surface area contributed by atoms with Gasteiger partial charge in [0.2, 0.25) is 0 Å². The van der Waals surface area contributed by atoms with E-state index in [4.69, 9.17) is 14.2 Å². The van der Waals surface area contributed by atoms with Gasteiger partial charge in [0, 0.05) is 30.8 Å². The SMILES string of the molecule is COC(=O)c1cc(Oc2nc3cc(-c4ccc(Br)cc4)c(F)cc3n2COCC[Si](C)(C)C)ccc1C. The maximum absolute atomic E-state index is 15.3. The number of hydrogen-bond donors (Lipinski definition) is 0. The first-order chi connectivity index (χ1) is 17.6. The number of carbonyl (C=O) groups excluding carboxylic acids is 1. The standard InChI is InChI=1S/C28H30BrFN2O4Si/c1-18-6-11-21(14-22(18)27(33)34-2)36-28-31-25-15-23(19-7-9-20(29)10-8-19)24(30)16-26(25)32(28)17-35-12-13-37(3,4)5/h6-11,14-16H,12-13,17H2,1-5H3. The first-order valence-corrected chi connectivity index (χ1v) is 16.5. The molecule has 3 aromatic carbocycles. The summed E-state index contributed by atoms with van der Waals surface area (Å²) in [5, 5.41) is 0. The van der Waals surface area contributed by atoms with Crippen molar-refractivity contribution in [2.45, 2.75) is 39.3 Å². The molecule has 0 unspecified atom stereocenters. The predicted octanol–water partition coefficient (Wildman–Crippen LogP) is 7.80. The zero-order valence-electron chi connectivity index (χ0n) is 21.6. The molecule has 0 radical (unpaired) electrons. The Bertz CT molecular complexity index is 1430. The predicted molar refractivity (Wildman–Crippen MR) is 150 cm³/mol. The topological polar surface area (TPSA) is 62.6 Å². The van der Waals surface area contributed by atoms with E-state index >= 15 is 4.39 Å². The van der Waals surface area contributed by atoms with Crippen molar-refractivity contribution in [3.05, 3.63) is 76.0 Å². The molecular weight excluding hydrogens is 555 g/mol. The van der Waals surface area contributed by atoms with Crippen molar-refractivity contribution in [1.82, 2.24) is 9.55 Å². The third kappa shape index (κ3) is 6.47. The van der Waals surface area contributed by atoms with Crippen molar-refractivity contribution in [3.8, 4) is 22.9 Å². The van der Waals surface area contributed by atoms with Crippen LogP contribution in [0.2, 0.25) is 25.7 Å². The van der Waals surface area contributed by atoms with E-state index in [1.165, 1.54) is 13.2 Å². The fourth-order valence-electron chi connectivity index (χ4n) is 3.81. The third-order valence-electron chi connectivity index (χ3n) is 6.00. The van der Waals surface area contributed by atoms with Crippen molar-refractivity contribution >= 4 is 41.0 Å². The summed E-state index contributed by atoms with van der Waals surface area (Å²) in [5.41, 5.74) is 3.48. The highest BCUT2D eigenvalue weighted by Crippen LogP contribution is 2.33. The molecule has 0 N–H and O–H groups in total. The number of halogens is 2. The molecule has 4 rings (SSSR count). The number of fused-ring (bicyclic) bond motifs is 1. The molecule has 37 heavy (non-hydrogen) atoms. The summed E-state index contributed by atoms with van der Waals surface area (Å²) in [6, 6.07) is 17.0. The first-order valence-electron chi connectivity index (χ1n) is 12.0. The van der Waals surface area contributed by atoms with Crippen LogP contribution in [0.25, 0.3) is 22.2 Å². The number of nitrogens with zero attached hydrogens (tertiary/aromatic N) is 2. The Balaban J connectivity index is 1.74. The molecule has 0 amide bonds. The average molecular weight is 586 g/mol. The lowest BCUT2D eigenvalue weighted by atomic mass is 10.0. The van der Waals surface area contributed by atoms with Gasteiger partial charge < -0.3 is 14.2 Å². The van der Waals surface area contributed by atoms with Crippen molar-refractivity contribution < 1.29 is 23.4 Å². The van der Waals surface area contributed by atoms with Crippen LogP contribution in [0.3, 0.4) is 0 Å². The summed E-state index contributed by atoms with van der Waals surface area (Å²) in [4.78, 5) is 16.8. The Morgan fingerprint density at radius 3 is 2.49 bits per heavy atom. The highest BCUT2D eigenvalue weighted by atomic mass is 79.9. The van der Waals surface area contributed by atoms with Crippen LogP contribution in [-0.2, 0) is 16.2 Å². The van der Waals surface area contributed by atoms with Gasteiger partial charge in [-0.05, 0) is 54.4 Å². The fraction of sp³-hybridized carbons (Fsp3) is 0.286. The number of ether oxygens (including phenoxy) is 3. The van der Waals surface area contributed by atoms with E-state index in [0.29, 0.717) is 34.5 Å². The molecule has 0 saturated carbocycles. The fourth-order valence-corrected chi connectivity index (χ4v) is 4.83. The van der Waals surface area contributed by atoms with Crippen LogP contribution in [0.5, 0.6) is 11.8 Å². The lowest BCUT2D eigenvalue weighted by molar-refractivity contribution is 0.0599. The average Bonchev–Trinajstić information content (AvgIpc) is 3.17. The number of imidazole rings is 1. The number of benzene rings is 3. The maximum Gasteiger partial charge on any atom is 0.338 e. The Labute approximate surface area is 225 Å². The molecule has 0 aliphatic heterocycles. The third-order valence-corrected chi connectivity index (χ3v) is 8.23. The molecule has 6 nitrogen and oxygen atoms in total. The second-order valence-corrected chi connectivity index (χ2v) is 16.6. The summed E-state index contributed by atoms with van der Waals surface area (Å²) in [5.74, 6) is -0.404. The monoisotopic (exact) mass is 584 g/mol. The molecule has 0 bridgehead atoms. The number of carbonyl (C=O) groups is 1. The van der Waals surface area contributed by atoms with E-state index in [2.05, 4.69) is 40.6 Å². The molecule has 0 fully saturated rings. The van der Waals surface area contributed by atoms with Gasteiger partial charge in [-0.15, -0.1) is 0 Å². The van der Waals surface area contributed by atoms with Gasteiger partial charge in [-0.3, -0.25) is 4.57 Å². The molecule has 0 saturated heterocycles. The normalized spacial score (nSPS) is 11.6. The van der Waals surface area contributed by atoms with Gasteiger partial charge in [-0.2, -0.15) is 4.98 Å². The summed E-state index contributed by atoms with van der Waals surface area (Å²) in [7, 11) is 0.0574. The zero-order chi connectivity index (χ0) is 26.7. The molecule has 4 aromatic rings. The lowest BCUT2D eigenvalue weighted by Crippen LogP contribution is -2.22. The zero-order valence-corrected chi connectivity index (χ0v) is 24.2. The number of esters is 1. The molecule has 0 atom stereocenters. The Morgan fingerprint density at radius 2 is 1.81 bits per heavy atom. The van der Waals surface area contributed by atoms with E-state index in [1.807, 2.05) is 31.2 Å². The summed E-state index contributed by atoms with van der Waals surface area (Å²) >= 11 is 3.42. The van der Waals surface area contributed by atoms with Crippen LogP contribution in [0.15, 0.2) is 59.1 Å². The second kappa shape index (κ2) is 11.2. The molecular formula is C28H30BrFN2O4Si. The Morgan fingerprint density at radius 1 is 1.08 bits per heavy atom. The largest absolute Gasteiger partial charge is 0.465 e. The van der Waals surface area contributed by atoms with Crippen LogP contribution in [0.4, 0.5) is 4.39 Å². The molecule has 0 spiro atoms. The number of aryl methyl sites for hydroxylation is 1. The van der Waals surface area contributed by atoms with E-state index < -0.39 is 14.0 Å². The summed E-state index contributed by atoms with van der Waals surface area (Å²) in [6.07, 6.45) is 0. The van der Waals surface area contributed by atoms with Crippen LogP contribution >= 0.6 is 15.9 Å². The molecule has 194 valence electrons. The highest BCUT2D eigenvalue weighted by Gasteiger charge is 2.19. The van der Waals surface area contributed by atoms with Gasteiger partial charge in [0.05, 0.1) is 23.7 Å². The van der Waals surface area contributed by atoms with Gasteiger partial charge in [0.25, 0.3) is 0 Å². The van der Waals surface area contributed by atoms with Crippen LogP contribution in [-0.4, -0.2) is 37.3 Å². The minimum absolute atomic E-state index is 0.156. The van der Waals surface area contributed by atoms with E-state index in [-0.39, 0.29) is 18.6 Å². The summed E-state index contributed by atoms with van der Waals surface area (Å²) in [6.45, 7) is 9.42. The van der Waals surface area contributed by atoms with Gasteiger partial charge in [-0.25, -0.2) is 9.18 Å². The lowest BCUT2D eigenvalue weighted by Gasteiger charge is -2.16. The van der Waals surface area contributed by atoms with E-state index in [9.17, 15) is 4.79 Å². The highest BCUT2D eigenvalue weighted by molar-refractivity contribution is 9.10. The van der Waals surface area contributed by atoms with E-state index in [1.54, 1.807) is 28.8 Å². The smallest absolute Gasteiger partial charge is 0.338 e. The quantitative estimate of drug-likeness (QED) is 0.114. The number of rotatable bonds is 9. The number of aromatic nitrogens is 2. The maximum atomic E-state index is 15.3. The van der Waals surface area contributed by atoms with E-state index in [0.717, 1.165) is 21.6 Å². The molecule has 1 aromatic heterocycles. The first kappa shape index (κ1) is 27.0.